The molecule has 9 heteroatoms. The second-order valence-electron chi connectivity index (χ2n) is 6.75. The number of benzene rings is 2. The van der Waals surface area contributed by atoms with Crippen LogP contribution in [0.1, 0.15) is 31.0 Å². The molecule has 0 fully saturated rings. The maximum Gasteiger partial charge on any atom is 0.319 e. The Hall–Kier alpha value is -3.88. The SMILES string of the molecule is CCOc1ccc([N+](=O)[O-])cc1[C@@H]1NC(=O)NC(C)=C1C(=O)Nc1ccccc1C. The third-order valence-electron chi connectivity index (χ3n) is 4.72. The molecule has 2 aromatic rings. The number of aryl methyl sites for hydroxylation is 1. The van der Waals surface area contributed by atoms with Crippen molar-refractivity contribution in [3.8, 4) is 5.75 Å². The molecule has 1 aliphatic rings. The number of carbonyl (C=O) groups is 2. The molecule has 0 radical (unpaired) electrons. The normalized spacial score (nSPS) is 15.8. The minimum Gasteiger partial charge on any atom is -0.493 e. The Balaban J connectivity index is 2.08. The summed E-state index contributed by atoms with van der Waals surface area (Å²) in [5.74, 6) is -0.0856. The van der Waals surface area contributed by atoms with Gasteiger partial charge in [0.25, 0.3) is 11.6 Å². The number of anilines is 1. The molecule has 9 nitrogen and oxygen atoms in total. The molecular formula is C21H22N4O5. The highest BCUT2D eigenvalue weighted by Crippen LogP contribution is 2.36. The molecule has 0 aliphatic carbocycles. The third-order valence-corrected chi connectivity index (χ3v) is 4.72. The molecule has 0 bridgehead atoms. The molecule has 0 aromatic heterocycles. The van der Waals surface area contributed by atoms with Crippen molar-refractivity contribution in [3.05, 3.63) is 75.0 Å². The van der Waals surface area contributed by atoms with E-state index in [1.54, 1.807) is 26.0 Å². The fraction of sp³-hybridized carbons (Fsp3) is 0.238. The van der Waals surface area contributed by atoms with Crippen LogP contribution < -0.4 is 20.7 Å². The van der Waals surface area contributed by atoms with E-state index in [1.165, 1.54) is 18.2 Å². The van der Waals surface area contributed by atoms with Crippen molar-refractivity contribution in [2.45, 2.75) is 26.8 Å². The smallest absolute Gasteiger partial charge is 0.319 e. The number of ether oxygens (including phenoxy) is 1. The Morgan fingerprint density at radius 1 is 1.23 bits per heavy atom. The number of hydrogen-bond donors (Lipinski definition) is 3. The minimum atomic E-state index is -0.927. The fourth-order valence-electron chi connectivity index (χ4n) is 3.29. The van der Waals surface area contributed by atoms with Gasteiger partial charge in [-0.25, -0.2) is 4.79 Å². The molecule has 0 saturated carbocycles. The van der Waals surface area contributed by atoms with E-state index in [1.807, 2.05) is 19.1 Å². The van der Waals surface area contributed by atoms with Gasteiger partial charge in [-0.2, -0.15) is 0 Å². The second-order valence-corrected chi connectivity index (χ2v) is 6.75. The van der Waals surface area contributed by atoms with Crippen molar-refractivity contribution in [1.29, 1.82) is 0 Å². The van der Waals surface area contributed by atoms with E-state index in [0.29, 0.717) is 29.3 Å². The van der Waals surface area contributed by atoms with E-state index >= 15 is 0 Å². The lowest BCUT2D eigenvalue weighted by Crippen LogP contribution is -2.46. The summed E-state index contributed by atoms with van der Waals surface area (Å²) < 4.78 is 5.61. The standard InChI is InChI=1S/C21H22N4O5/c1-4-30-17-10-9-14(25(28)29)11-15(17)19-18(13(3)22-21(27)24-19)20(26)23-16-8-6-5-7-12(16)2/h5-11,19H,4H2,1-3H3,(H,23,26)(H2,22,24,27)/t19-/m0/s1. The summed E-state index contributed by atoms with van der Waals surface area (Å²) in [6, 6.07) is 9.96. The van der Waals surface area contributed by atoms with Crippen LogP contribution >= 0.6 is 0 Å². The maximum absolute atomic E-state index is 13.2. The molecule has 2 aromatic carbocycles. The van der Waals surface area contributed by atoms with Crippen LogP contribution in [0.2, 0.25) is 0 Å². The first-order valence-corrected chi connectivity index (χ1v) is 9.38. The van der Waals surface area contributed by atoms with Crippen molar-refractivity contribution in [1.82, 2.24) is 10.6 Å². The van der Waals surface area contributed by atoms with Crippen LogP contribution in [-0.2, 0) is 4.79 Å². The van der Waals surface area contributed by atoms with E-state index in [9.17, 15) is 19.7 Å². The first-order chi connectivity index (χ1) is 14.3. The van der Waals surface area contributed by atoms with Crippen molar-refractivity contribution < 1.29 is 19.2 Å². The first kappa shape index (κ1) is 20.8. The maximum atomic E-state index is 13.2. The number of allylic oxidation sites excluding steroid dienone is 1. The first-order valence-electron chi connectivity index (χ1n) is 9.38. The van der Waals surface area contributed by atoms with Gasteiger partial charge >= 0.3 is 6.03 Å². The summed E-state index contributed by atoms with van der Waals surface area (Å²) in [5.41, 5.74) is 2.25. The summed E-state index contributed by atoms with van der Waals surface area (Å²) in [5, 5.41) is 19.4. The number of hydrogen-bond acceptors (Lipinski definition) is 5. The van der Waals surface area contributed by atoms with Crippen molar-refractivity contribution in [2.24, 2.45) is 0 Å². The highest BCUT2D eigenvalue weighted by molar-refractivity contribution is 6.07. The summed E-state index contributed by atoms with van der Waals surface area (Å²) in [7, 11) is 0. The molecule has 3 rings (SSSR count). The number of para-hydroxylation sites is 1. The molecule has 0 unspecified atom stereocenters. The topological polar surface area (TPSA) is 123 Å². The summed E-state index contributed by atoms with van der Waals surface area (Å²) in [6.45, 7) is 5.56. The molecule has 30 heavy (non-hydrogen) atoms. The minimum absolute atomic E-state index is 0.169. The molecular weight excluding hydrogens is 388 g/mol. The van der Waals surface area contributed by atoms with Crippen LogP contribution in [0.25, 0.3) is 0 Å². The monoisotopic (exact) mass is 410 g/mol. The van der Waals surface area contributed by atoms with Gasteiger partial charge in [-0.3, -0.25) is 14.9 Å². The molecule has 0 spiro atoms. The van der Waals surface area contributed by atoms with E-state index < -0.39 is 22.9 Å². The van der Waals surface area contributed by atoms with Crippen LogP contribution in [0.3, 0.4) is 0 Å². The number of nitrogens with zero attached hydrogens (tertiary/aromatic N) is 1. The van der Waals surface area contributed by atoms with Crippen LogP contribution in [0.15, 0.2) is 53.7 Å². The van der Waals surface area contributed by atoms with Gasteiger partial charge in [0.1, 0.15) is 5.75 Å². The van der Waals surface area contributed by atoms with Gasteiger partial charge in [0.15, 0.2) is 0 Å². The van der Waals surface area contributed by atoms with Gasteiger partial charge < -0.3 is 20.7 Å². The average Bonchev–Trinajstić information content (AvgIpc) is 2.69. The fourth-order valence-corrected chi connectivity index (χ4v) is 3.29. The zero-order valence-corrected chi connectivity index (χ0v) is 16.8. The van der Waals surface area contributed by atoms with Gasteiger partial charge in [0.2, 0.25) is 0 Å². The molecule has 0 saturated heterocycles. The molecule has 1 aliphatic heterocycles. The molecule has 1 heterocycles. The van der Waals surface area contributed by atoms with Crippen LogP contribution in [0.5, 0.6) is 5.75 Å². The predicted molar refractivity (Wildman–Crippen MR) is 111 cm³/mol. The van der Waals surface area contributed by atoms with Crippen molar-refractivity contribution >= 4 is 23.3 Å². The Labute approximate surface area is 173 Å². The number of nitrogens with one attached hydrogen (secondary N) is 3. The van der Waals surface area contributed by atoms with E-state index in [0.717, 1.165) is 5.56 Å². The highest BCUT2D eigenvalue weighted by atomic mass is 16.6. The quantitative estimate of drug-likeness (QED) is 0.496. The van der Waals surface area contributed by atoms with Crippen LogP contribution in [0, 0.1) is 17.0 Å². The Morgan fingerprint density at radius 2 is 1.97 bits per heavy atom. The summed E-state index contributed by atoms with van der Waals surface area (Å²) in [4.78, 5) is 36.1. The Bertz CT molecular complexity index is 1050. The number of rotatable bonds is 6. The molecule has 3 amide bonds. The van der Waals surface area contributed by atoms with Gasteiger partial charge in [0.05, 0.1) is 23.1 Å². The number of nitro benzene ring substituents is 1. The highest BCUT2D eigenvalue weighted by Gasteiger charge is 2.34. The summed E-state index contributed by atoms with van der Waals surface area (Å²) in [6.07, 6.45) is 0. The van der Waals surface area contributed by atoms with Crippen molar-refractivity contribution in [2.75, 3.05) is 11.9 Å². The zero-order chi connectivity index (χ0) is 21.8. The van der Waals surface area contributed by atoms with E-state index in [4.69, 9.17) is 4.74 Å². The third kappa shape index (κ3) is 4.24. The predicted octanol–water partition coefficient (Wildman–Crippen LogP) is 3.57. The van der Waals surface area contributed by atoms with Gasteiger partial charge in [-0.05, 0) is 38.5 Å². The summed E-state index contributed by atoms with van der Waals surface area (Å²) >= 11 is 0. The van der Waals surface area contributed by atoms with E-state index in [2.05, 4.69) is 16.0 Å². The molecule has 3 N–H and O–H groups in total. The van der Waals surface area contributed by atoms with Crippen LogP contribution in [0.4, 0.5) is 16.2 Å². The Morgan fingerprint density at radius 3 is 2.63 bits per heavy atom. The number of nitro groups is 1. The zero-order valence-electron chi connectivity index (χ0n) is 16.8. The van der Waals surface area contributed by atoms with Gasteiger partial charge in [-0.1, -0.05) is 18.2 Å². The average molecular weight is 410 g/mol. The van der Waals surface area contributed by atoms with Gasteiger partial charge in [0, 0.05) is 29.1 Å². The van der Waals surface area contributed by atoms with Gasteiger partial charge in [-0.15, -0.1) is 0 Å². The lowest BCUT2D eigenvalue weighted by molar-refractivity contribution is -0.385. The Kier molecular flexibility index (Phi) is 6.01. The van der Waals surface area contributed by atoms with Crippen molar-refractivity contribution in [3.63, 3.8) is 0 Å². The molecule has 156 valence electrons. The lowest BCUT2D eigenvalue weighted by atomic mass is 9.93. The number of amides is 3. The van der Waals surface area contributed by atoms with Crippen LogP contribution in [-0.4, -0.2) is 23.5 Å². The molecule has 1 atom stereocenters. The van der Waals surface area contributed by atoms with E-state index in [-0.39, 0.29) is 11.3 Å². The largest absolute Gasteiger partial charge is 0.493 e. The number of non-ortho nitro benzene ring substituents is 1. The number of urea groups is 1. The number of carbonyl (C=O) groups excluding carboxylic acids is 2. The second kappa shape index (κ2) is 8.64. The lowest BCUT2D eigenvalue weighted by Gasteiger charge is -2.29.